The van der Waals surface area contributed by atoms with Gasteiger partial charge in [0.15, 0.2) is 22.8 Å². The van der Waals surface area contributed by atoms with Crippen LogP contribution in [0, 0.1) is 11.6 Å². The molecule has 6 aromatic carbocycles. The van der Waals surface area contributed by atoms with Crippen molar-refractivity contribution in [1.82, 2.24) is 60.4 Å². The molecule has 6 N–H and O–H groups in total. The van der Waals surface area contributed by atoms with Gasteiger partial charge in [0.2, 0.25) is 0 Å². The van der Waals surface area contributed by atoms with Gasteiger partial charge in [-0.05, 0) is 228 Å². The molecule has 14 rings (SSSR count). The first-order valence-corrected chi connectivity index (χ1v) is 49.8. The van der Waals surface area contributed by atoms with Crippen LogP contribution in [-0.4, -0.2) is 201 Å². The molecule has 0 radical (unpaired) electrons. The maximum atomic E-state index is 13.6. The minimum absolute atomic E-state index is 0.0109. The number of amides is 4. The smallest absolute Gasteiger partial charge is 0.308 e. The largest absolute Gasteiger partial charge is 0.496 e. The Bertz CT molecular complexity index is 6110. The van der Waals surface area contributed by atoms with E-state index in [0.29, 0.717) is 62.8 Å². The summed E-state index contributed by atoms with van der Waals surface area (Å²) in [6.45, 7) is 19.7. The number of aromatic nitrogens is 8. The Hall–Kier alpha value is -14.6. The lowest BCUT2D eigenvalue weighted by atomic mass is 10.1. The number of nitrogens with one attached hydrogen (secondary N) is 4. The molecule has 0 spiro atoms. The molecule has 0 bridgehead atoms. The second-order valence-electron chi connectivity index (χ2n) is 39.3. The Kier molecular flexibility index (Phi) is 40.6. The van der Waals surface area contributed by atoms with Crippen LogP contribution in [0.25, 0.3) is 57.2 Å². The van der Waals surface area contributed by atoms with E-state index in [-0.39, 0.29) is 103 Å². The van der Waals surface area contributed by atoms with Crippen LogP contribution in [-0.2, 0) is 33.4 Å². The van der Waals surface area contributed by atoms with Gasteiger partial charge in [0, 0.05) is 12.6 Å². The van der Waals surface area contributed by atoms with Gasteiger partial charge in [0.05, 0.1) is 170 Å². The Labute approximate surface area is 857 Å². The molecule has 788 valence electrons. The highest BCUT2D eigenvalue weighted by molar-refractivity contribution is 5.98. The molecule has 33 nitrogen and oxygen atoms in total. The standard InChI is InChI=1S/C32H38FN3O5.C28H30FN3O5.C26H37N3O6.C26H35N3O5/c1-32(2,3)41-29(37)19-23(18-15-21-13-16-22(33)17-14-21)34-31(38)25-20-26(36(35-25)24-9-6-7-10-24)30-27(39-4)11-8-12-28(30)40-5;1-36-24-8-5-9-25(37-2)27(24)23-17-22(31-32(23)21-6-3-4-7-21)28(35)30-20(16-26(33)34)15-12-18-10-13-19(29)14-11-18;1-26(2,3)35-23(31)15-17(13-14-30)27-25(32)19-16-20(29(28-19)18-9-6-7-10-18)24-21(33-4)11-8-12-22(24)34-5;1-7-17(15-23(30)34-26(2,3)4)27-25(31)19-16-20(29(28-19)18-11-8-9-12-18)24-21(32-5)13-10-14-22(24)33-6/h8,11-18,20,23-24H,6-7,9-10,19H2,1-5H3,(H,34,38);5,8-15,17,20-21H,3-4,6-7,16H2,1-2H3,(H,30,35)(H,33,34);8,11-12,16-18,30H,6-7,9-10,13-15H2,1-5H3,(H,27,32);7,10,13-14,16-18H,1,8-9,11-12,15H2,2-6H3,(H,27,31)/b18-15+;15-12+;;/t23-;20-;2*17-/m0000/s1. The summed E-state index contributed by atoms with van der Waals surface area (Å²) in [5.74, 6) is 0.113. The minimum Gasteiger partial charge on any atom is -0.496 e. The zero-order chi connectivity index (χ0) is 106. The average molecular weight is 2030 g/mol. The number of benzene rings is 6. The molecule has 0 aliphatic heterocycles. The highest BCUT2D eigenvalue weighted by atomic mass is 19.1. The molecular formula is C112H140F2N12O21. The monoisotopic (exact) mass is 2030 g/mol. The van der Waals surface area contributed by atoms with Crippen LogP contribution in [0.15, 0.2) is 170 Å². The van der Waals surface area contributed by atoms with E-state index in [2.05, 4.69) is 43.1 Å². The van der Waals surface area contributed by atoms with Crippen molar-refractivity contribution < 1.29 is 109 Å². The molecule has 4 aliphatic rings. The summed E-state index contributed by atoms with van der Waals surface area (Å²) < 4.78 is 95.3. The van der Waals surface area contributed by atoms with Crippen molar-refractivity contribution >= 4 is 59.7 Å². The fourth-order valence-electron chi connectivity index (χ4n) is 18.3. The average Bonchev–Trinajstić information content (AvgIpc) is 1.65. The van der Waals surface area contributed by atoms with Gasteiger partial charge in [0.1, 0.15) is 74.4 Å². The van der Waals surface area contributed by atoms with Crippen molar-refractivity contribution in [3.8, 4) is 91.0 Å². The summed E-state index contributed by atoms with van der Waals surface area (Å²) >= 11 is 0. The van der Waals surface area contributed by atoms with E-state index in [1.165, 1.54) is 30.3 Å². The number of methoxy groups -OCH3 is 8. The van der Waals surface area contributed by atoms with E-state index in [1.807, 2.05) is 91.5 Å². The van der Waals surface area contributed by atoms with Gasteiger partial charge in [-0.3, -0.25) is 57.1 Å². The van der Waals surface area contributed by atoms with Gasteiger partial charge in [0.25, 0.3) is 23.6 Å². The summed E-state index contributed by atoms with van der Waals surface area (Å²) in [6, 6.07) is 38.7. The molecule has 4 atom stereocenters. The van der Waals surface area contributed by atoms with Gasteiger partial charge < -0.3 is 83.6 Å². The zero-order valence-corrected chi connectivity index (χ0v) is 87.1. The fourth-order valence-corrected chi connectivity index (χ4v) is 18.3. The maximum absolute atomic E-state index is 13.6. The first-order valence-electron chi connectivity index (χ1n) is 49.8. The van der Waals surface area contributed by atoms with Crippen LogP contribution >= 0.6 is 0 Å². The first-order chi connectivity index (χ1) is 70.3. The predicted molar refractivity (Wildman–Crippen MR) is 555 cm³/mol. The van der Waals surface area contributed by atoms with Crippen molar-refractivity contribution in [3.63, 3.8) is 0 Å². The van der Waals surface area contributed by atoms with Crippen LogP contribution in [0.2, 0.25) is 0 Å². The molecule has 10 aromatic rings. The predicted octanol–water partition coefficient (Wildman–Crippen LogP) is 20.1. The number of carboxylic acid groups (broad SMARTS) is 1. The molecule has 4 aromatic heterocycles. The van der Waals surface area contributed by atoms with Crippen LogP contribution < -0.4 is 59.2 Å². The highest BCUT2D eigenvalue weighted by Crippen LogP contribution is 2.48. The number of hydrogen-bond donors (Lipinski definition) is 6. The van der Waals surface area contributed by atoms with Gasteiger partial charge in [-0.2, -0.15) is 20.4 Å². The van der Waals surface area contributed by atoms with Crippen molar-refractivity contribution in [1.29, 1.82) is 0 Å². The molecule has 4 aliphatic carbocycles. The third-order valence-electron chi connectivity index (χ3n) is 25.0. The van der Waals surface area contributed by atoms with Crippen LogP contribution in [0.3, 0.4) is 0 Å². The summed E-state index contributed by atoms with van der Waals surface area (Å²) in [4.78, 5) is 102. The summed E-state index contributed by atoms with van der Waals surface area (Å²) in [5.41, 5.74) is 6.19. The molecule has 0 unspecified atom stereocenters. The van der Waals surface area contributed by atoms with Crippen LogP contribution in [0.1, 0.15) is 274 Å². The van der Waals surface area contributed by atoms with Gasteiger partial charge in [-0.15, -0.1) is 6.58 Å². The quantitative estimate of drug-likeness (QED) is 0.0118. The van der Waals surface area contributed by atoms with Crippen molar-refractivity contribution in [2.75, 3.05) is 63.5 Å². The van der Waals surface area contributed by atoms with E-state index < -0.39 is 82.6 Å². The van der Waals surface area contributed by atoms with Gasteiger partial charge >= 0.3 is 23.9 Å². The van der Waals surface area contributed by atoms with E-state index in [9.17, 15) is 57.4 Å². The van der Waals surface area contributed by atoms with E-state index in [0.717, 1.165) is 142 Å². The zero-order valence-electron chi connectivity index (χ0n) is 87.1. The minimum atomic E-state index is -1.06. The van der Waals surface area contributed by atoms with E-state index >= 15 is 0 Å². The number of carbonyl (C=O) groups excluding carboxylic acids is 7. The fraction of sp³-hybridized carbons (Fsp3) is 0.446. The molecule has 147 heavy (non-hydrogen) atoms. The Balaban J connectivity index is 0.000000187. The van der Waals surface area contributed by atoms with E-state index in [1.54, 1.807) is 192 Å². The number of rotatable bonds is 39. The van der Waals surface area contributed by atoms with E-state index in [4.69, 9.17) is 57.2 Å². The number of aliphatic hydroxyl groups excluding tert-OH is 1. The third-order valence-corrected chi connectivity index (χ3v) is 25.0. The molecule has 35 heteroatoms. The number of aliphatic hydroxyl groups is 1. The molecule has 4 fully saturated rings. The highest BCUT2D eigenvalue weighted by Gasteiger charge is 2.36. The second-order valence-corrected chi connectivity index (χ2v) is 39.3. The van der Waals surface area contributed by atoms with Crippen molar-refractivity contribution in [2.24, 2.45) is 0 Å². The molecule has 4 heterocycles. The summed E-state index contributed by atoms with van der Waals surface area (Å²) in [7, 11) is 12.7. The Morgan fingerprint density at radius 3 is 0.844 bits per heavy atom. The van der Waals surface area contributed by atoms with Crippen LogP contribution in [0.4, 0.5) is 8.78 Å². The number of ether oxygens (including phenoxy) is 11. The molecule has 4 amide bonds. The number of halogens is 2. The molecular weight excluding hydrogens is 1890 g/mol. The number of carboxylic acids is 1. The number of esters is 3. The lowest BCUT2D eigenvalue weighted by molar-refractivity contribution is -0.156. The number of hydrogen-bond acceptors (Lipinski definition) is 24. The van der Waals surface area contributed by atoms with Crippen LogP contribution in [0.5, 0.6) is 46.0 Å². The SMILES string of the molecule is C=C[C@@H](CC(=O)OC(C)(C)C)NC(=O)c1cc(-c2c(OC)cccc2OC)n(C2CCCC2)n1.COc1cccc(OC)c1-c1cc(C(=O)N[C@@H](/C=C/c2ccc(F)cc2)CC(=O)O)nn1C1CCCC1.COc1cccc(OC)c1-c1cc(C(=O)N[C@@H](/C=C/c2ccc(F)cc2)CC(=O)OC(C)(C)C)nn1C1CCCC1.COc1cccc(OC)c1-c1cc(C(=O)N[C@@H](CCO)CC(=O)OC(C)(C)C)nn1C1CCCC1. The van der Waals surface area contributed by atoms with Gasteiger partial charge in [-0.25, -0.2) is 8.78 Å². The van der Waals surface area contributed by atoms with Crippen molar-refractivity contribution in [2.45, 2.75) is 262 Å². The third kappa shape index (κ3) is 31.7. The first kappa shape index (κ1) is 113. The molecule has 0 saturated heterocycles. The number of aliphatic carboxylic acids is 1. The Morgan fingerprint density at radius 1 is 0.367 bits per heavy atom. The lowest BCUT2D eigenvalue weighted by Crippen LogP contribution is -2.39. The summed E-state index contributed by atoms with van der Waals surface area (Å²) in [5, 5.41) is 49.0. The number of carbonyl (C=O) groups is 8. The molecule has 4 saturated carbocycles. The normalized spacial score (nSPS) is 14.8. The van der Waals surface area contributed by atoms with Crippen molar-refractivity contribution in [3.05, 3.63) is 216 Å². The topological polar surface area (TPSA) is 398 Å². The maximum Gasteiger partial charge on any atom is 0.308 e. The second kappa shape index (κ2) is 52.9. The summed E-state index contributed by atoms with van der Waals surface area (Å²) in [6.07, 6.45) is 24.4. The number of nitrogens with zero attached hydrogens (tertiary/aromatic N) is 8. The Morgan fingerprint density at radius 2 is 0.605 bits per heavy atom. The van der Waals surface area contributed by atoms with Gasteiger partial charge in [-0.1, -0.05) is 130 Å². The lowest BCUT2D eigenvalue weighted by Gasteiger charge is -2.22.